The van der Waals surface area contributed by atoms with Crippen molar-refractivity contribution in [1.29, 1.82) is 0 Å². The van der Waals surface area contributed by atoms with E-state index in [9.17, 15) is 4.79 Å². The molecule has 7 heteroatoms. The Labute approximate surface area is 160 Å². The van der Waals surface area contributed by atoms with Gasteiger partial charge >= 0.3 is 0 Å². The number of aryl methyl sites for hydroxylation is 2. The van der Waals surface area contributed by atoms with Gasteiger partial charge in [0.15, 0.2) is 5.13 Å². The minimum absolute atomic E-state index is 0.245. The van der Waals surface area contributed by atoms with Crippen LogP contribution in [0, 0.1) is 13.8 Å². The summed E-state index contributed by atoms with van der Waals surface area (Å²) in [7, 11) is 0. The highest BCUT2D eigenvalue weighted by Crippen LogP contribution is 2.22. The first-order valence-corrected chi connectivity index (χ1v) is 9.36. The van der Waals surface area contributed by atoms with Crippen molar-refractivity contribution in [3.05, 3.63) is 76.7 Å². The standard InChI is InChI=1S/C20H18N4O2S/c1-13-6-5-9-24-10-15(22-18(13)24)11-26-17-8-4-3-7-16(17)19(25)23-20-21-14(2)12-27-20/h3-10,12H,11H2,1-2H3,(H,21,23,25). The molecule has 0 atom stereocenters. The van der Waals surface area contributed by atoms with Crippen LogP contribution in [0.5, 0.6) is 5.75 Å². The Hall–Kier alpha value is -3.19. The van der Waals surface area contributed by atoms with Gasteiger partial charge in [-0.15, -0.1) is 11.3 Å². The molecule has 0 saturated heterocycles. The Kier molecular flexibility index (Phi) is 4.60. The number of hydrogen-bond donors (Lipinski definition) is 1. The van der Waals surface area contributed by atoms with Crippen molar-refractivity contribution in [3.8, 4) is 5.75 Å². The quantitative estimate of drug-likeness (QED) is 0.564. The Morgan fingerprint density at radius 1 is 1.19 bits per heavy atom. The molecule has 0 aliphatic heterocycles. The third-order valence-corrected chi connectivity index (χ3v) is 4.95. The number of rotatable bonds is 5. The molecule has 0 unspecified atom stereocenters. The highest BCUT2D eigenvalue weighted by atomic mass is 32.1. The van der Waals surface area contributed by atoms with E-state index in [-0.39, 0.29) is 12.5 Å². The van der Waals surface area contributed by atoms with Gasteiger partial charge in [-0.05, 0) is 37.6 Å². The molecule has 0 saturated carbocycles. The Balaban J connectivity index is 1.52. The molecule has 0 spiro atoms. The maximum Gasteiger partial charge on any atom is 0.261 e. The number of pyridine rings is 1. The molecule has 1 amide bonds. The number of ether oxygens (including phenoxy) is 1. The van der Waals surface area contributed by atoms with Crippen molar-refractivity contribution in [1.82, 2.24) is 14.4 Å². The number of benzene rings is 1. The number of para-hydroxylation sites is 1. The molecule has 0 fully saturated rings. The van der Waals surface area contributed by atoms with Gasteiger partial charge in [0.1, 0.15) is 18.0 Å². The second-order valence-corrected chi connectivity index (χ2v) is 7.05. The maximum atomic E-state index is 12.6. The Morgan fingerprint density at radius 2 is 2.04 bits per heavy atom. The number of fused-ring (bicyclic) bond motifs is 1. The highest BCUT2D eigenvalue weighted by Gasteiger charge is 2.14. The van der Waals surface area contributed by atoms with E-state index in [0.717, 1.165) is 22.6 Å². The smallest absolute Gasteiger partial charge is 0.261 e. The molecule has 136 valence electrons. The first kappa shape index (κ1) is 17.2. The second kappa shape index (κ2) is 7.20. The molecule has 27 heavy (non-hydrogen) atoms. The molecule has 4 aromatic rings. The molecule has 3 heterocycles. The minimum atomic E-state index is -0.245. The predicted octanol–water partition coefficient (Wildman–Crippen LogP) is 4.24. The molecular formula is C20H18N4O2S. The maximum absolute atomic E-state index is 12.6. The van der Waals surface area contributed by atoms with Gasteiger partial charge in [0.05, 0.1) is 17.0 Å². The van der Waals surface area contributed by atoms with E-state index in [1.165, 1.54) is 11.3 Å². The van der Waals surface area contributed by atoms with Crippen molar-refractivity contribution >= 4 is 28.0 Å². The number of aromatic nitrogens is 3. The van der Waals surface area contributed by atoms with Crippen LogP contribution in [0.1, 0.15) is 27.3 Å². The fraction of sp³-hybridized carbons (Fsp3) is 0.150. The zero-order valence-electron chi connectivity index (χ0n) is 15.0. The molecule has 0 aliphatic carbocycles. The number of imidazole rings is 1. The van der Waals surface area contributed by atoms with Crippen LogP contribution in [-0.4, -0.2) is 20.3 Å². The largest absolute Gasteiger partial charge is 0.486 e. The van der Waals surface area contributed by atoms with Crippen LogP contribution in [0.15, 0.2) is 54.2 Å². The monoisotopic (exact) mass is 378 g/mol. The minimum Gasteiger partial charge on any atom is -0.486 e. The third kappa shape index (κ3) is 3.68. The lowest BCUT2D eigenvalue weighted by Crippen LogP contribution is -2.13. The fourth-order valence-corrected chi connectivity index (χ4v) is 3.46. The van der Waals surface area contributed by atoms with Gasteiger partial charge < -0.3 is 9.14 Å². The molecule has 3 aromatic heterocycles. The van der Waals surface area contributed by atoms with Gasteiger partial charge in [-0.2, -0.15) is 0 Å². The molecule has 4 rings (SSSR count). The van der Waals surface area contributed by atoms with Crippen LogP contribution in [0.2, 0.25) is 0 Å². The van der Waals surface area contributed by atoms with Crippen LogP contribution in [0.3, 0.4) is 0 Å². The first-order chi connectivity index (χ1) is 13.1. The normalized spacial score (nSPS) is 10.9. The predicted molar refractivity (Wildman–Crippen MR) is 106 cm³/mol. The molecular weight excluding hydrogens is 360 g/mol. The van der Waals surface area contributed by atoms with Gasteiger partial charge in [0.2, 0.25) is 0 Å². The molecule has 1 N–H and O–H groups in total. The molecule has 1 aromatic carbocycles. The van der Waals surface area contributed by atoms with Gasteiger partial charge in [-0.1, -0.05) is 18.2 Å². The van der Waals surface area contributed by atoms with Crippen LogP contribution >= 0.6 is 11.3 Å². The summed E-state index contributed by atoms with van der Waals surface area (Å²) in [5.41, 5.74) is 4.14. The summed E-state index contributed by atoms with van der Waals surface area (Å²) in [5, 5.41) is 5.28. The van der Waals surface area contributed by atoms with Crippen LogP contribution in [-0.2, 0) is 6.61 Å². The van der Waals surface area contributed by atoms with Gasteiger partial charge in [0.25, 0.3) is 5.91 Å². The number of carbonyl (C=O) groups excluding carboxylic acids is 1. The van der Waals surface area contributed by atoms with Crippen molar-refractivity contribution in [2.75, 3.05) is 5.32 Å². The van der Waals surface area contributed by atoms with Crippen LogP contribution in [0.25, 0.3) is 5.65 Å². The van der Waals surface area contributed by atoms with Crippen molar-refractivity contribution < 1.29 is 9.53 Å². The summed E-state index contributed by atoms with van der Waals surface area (Å²) >= 11 is 1.40. The number of anilines is 1. The van der Waals surface area contributed by atoms with E-state index in [4.69, 9.17) is 4.74 Å². The summed E-state index contributed by atoms with van der Waals surface area (Å²) in [4.78, 5) is 21.5. The molecule has 0 radical (unpaired) electrons. The summed E-state index contributed by atoms with van der Waals surface area (Å²) in [6.07, 6.45) is 3.89. The summed E-state index contributed by atoms with van der Waals surface area (Å²) in [6.45, 7) is 4.19. The second-order valence-electron chi connectivity index (χ2n) is 6.19. The van der Waals surface area contributed by atoms with Crippen molar-refractivity contribution in [2.45, 2.75) is 20.5 Å². The van der Waals surface area contributed by atoms with E-state index < -0.39 is 0 Å². The summed E-state index contributed by atoms with van der Waals surface area (Å²) in [5.74, 6) is 0.267. The van der Waals surface area contributed by atoms with E-state index in [1.54, 1.807) is 12.1 Å². The molecule has 0 aliphatic rings. The van der Waals surface area contributed by atoms with E-state index in [2.05, 4.69) is 15.3 Å². The van der Waals surface area contributed by atoms with E-state index in [0.29, 0.717) is 16.4 Å². The first-order valence-electron chi connectivity index (χ1n) is 8.48. The number of hydrogen-bond acceptors (Lipinski definition) is 5. The van der Waals surface area contributed by atoms with Crippen LogP contribution in [0.4, 0.5) is 5.13 Å². The lowest BCUT2D eigenvalue weighted by Gasteiger charge is -2.09. The lowest BCUT2D eigenvalue weighted by molar-refractivity contribution is 0.102. The zero-order chi connectivity index (χ0) is 18.8. The Bertz CT molecular complexity index is 1120. The van der Waals surface area contributed by atoms with Gasteiger partial charge in [-0.3, -0.25) is 10.1 Å². The Morgan fingerprint density at radius 3 is 2.81 bits per heavy atom. The van der Waals surface area contributed by atoms with E-state index in [1.807, 2.05) is 60.3 Å². The number of thiazole rings is 1. The van der Waals surface area contributed by atoms with Gasteiger partial charge in [0, 0.05) is 17.8 Å². The number of amides is 1. The van der Waals surface area contributed by atoms with Crippen molar-refractivity contribution in [3.63, 3.8) is 0 Å². The number of nitrogens with one attached hydrogen (secondary N) is 1. The highest BCUT2D eigenvalue weighted by molar-refractivity contribution is 7.13. The summed E-state index contributed by atoms with van der Waals surface area (Å²) < 4.78 is 7.87. The van der Waals surface area contributed by atoms with Crippen LogP contribution < -0.4 is 10.1 Å². The number of nitrogens with zero attached hydrogens (tertiary/aromatic N) is 3. The topological polar surface area (TPSA) is 68.5 Å². The SMILES string of the molecule is Cc1csc(NC(=O)c2ccccc2OCc2cn3cccc(C)c3n2)n1. The zero-order valence-corrected chi connectivity index (χ0v) is 15.8. The molecule has 0 bridgehead atoms. The van der Waals surface area contributed by atoms with E-state index >= 15 is 0 Å². The average molecular weight is 378 g/mol. The van der Waals surface area contributed by atoms with Crippen molar-refractivity contribution in [2.24, 2.45) is 0 Å². The molecule has 6 nitrogen and oxygen atoms in total. The summed E-state index contributed by atoms with van der Waals surface area (Å²) in [6, 6.07) is 11.2. The fourth-order valence-electron chi connectivity index (χ4n) is 2.78. The lowest BCUT2D eigenvalue weighted by atomic mass is 10.2. The number of carbonyl (C=O) groups is 1. The third-order valence-electron chi connectivity index (χ3n) is 4.07. The average Bonchev–Trinajstić information content (AvgIpc) is 3.27. The van der Waals surface area contributed by atoms with Gasteiger partial charge in [-0.25, -0.2) is 9.97 Å².